The summed E-state index contributed by atoms with van der Waals surface area (Å²) in [6.07, 6.45) is 1.63. The summed E-state index contributed by atoms with van der Waals surface area (Å²) < 4.78 is 5.20. The Balaban J connectivity index is 2.17. The highest BCUT2D eigenvalue weighted by Crippen LogP contribution is 2.42. The van der Waals surface area contributed by atoms with E-state index >= 15 is 0 Å². The molecule has 1 aliphatic rings. The van der Waals surface area contributed by atoms with Crippen LogP contribution in [-0.4, -0.2) is 34.9 Å². The number of carbonyl (C=O) groups excluding carboxylic acids is 2. The van der Waals surface area contributed by atoms with E-state index in [0.717, 1.165) is 17.3 Å². The van der Waals surface area contributed by atoms with Gasteiger partial charge in [-0.1, -0.05) is 31.5 Å². The largest absolute Gasteiger partial charge is 0.425 e. The van der Waals surface area contributed by atoms with Gasteiger partial charge in [0.25, 0.3) is 5.91 Å². The van der Waals surface area contributed by atoms with E-state index in [1.54, 1.807) is 6.07 Å². The molecule has 0 spiro atoms. The van der Waals surface area contributed by atoms with Crippen molar-refractivity contribution in [3.63, 3.8) is 0 Å². The molecule has 2 aromatic rings. The van der Waals surface area contributed by atoms with Crippen molar-refractivity contribution in [1.29, 1.82) is 0 Å². The molecule has 0 fully saturated rings. The maximum absolute atomic E-state index is 12.3. The van der Waals surface area contributed by atoms with Crippen molar-refractivity contribution in [1.82, 2.24) is 10.5 Å². The van der Waals surface area contributed by atoms with Crippen LogP contribution >= 0.6 is 0 Å². The fourth-order valence-electron chi connectivity index (χ4n) is 3.05. The number of H-pyrrole nitrogens is 1. The number of para-hydroxylation sites is 1. The Bertz CT molecular complexity index is 821. The summed E-state index contributed by atoms with van der Waals surface area (Å²) in [6, 6.07) is 9.30. The number of hydrogen-bond acceptors (Lipinski definition) is 5. The zero-order valence-electron chi connectivity index (χ0n) is 14.1. The highest BCUT2D eigenvalue weighted by Gasteiger charge is 2.49. The lowest BCUT2D eigenvalue weighted by molar-refractivity contribution is -0.178. The molecule has 1 amide bonds. The van der Waals surface area contributed by atoms with Gasteiger partial charge < -0.3 is 14.8 Å². The van der Waals surface area contributed by atoms with Crippen molar-refractivity contribution in [3.05, 3.63) is 41.6 Å². The Morgan fingerprint density at radius 1 is 1.40 bits per heavy atom. The van der Waals surface area contributed by atoms with Gasteiger partial charge in [-0.05, 0) is 23.9 Å². The fraction of sp³-hybridized carbons (Fsp3) is 0.333. The molecule has 0 saturated carbocycles. The average Bonchev–Trinajstić information content (AvgIpc) is 3.11. The van der Waals surface area contributed by atoms with Gasteiger partial charge in [0.15, 0.2) is 0 Å². The SMILES string of the molecule is CCCCC1(O)OC(=O)C(C(=O)NOC)=C1c1cc2ccccc2[nH]1. The number of nitrogens with one attached hydrogen (secondary N) is 2. The van der Waals surface area contributed by atoms with Crippen LogP contribution in [0, 0.1) is 0 Å². The van der Waals surface area contributed by atoms with Crippen LogP contribution in [0.5, 0.6) is 0 Å². The lowest BCUT2D eigenvalue weighted by Crippen LogP contribution is -2.31. The molecule has 3 N–H and O–H groups in total. The van der Waals surface area contributed by atoms with Crippen LogP contribution in [0.4, 0.5) is 0 Å². The summed E-state index contributed by atoms with van der Waals surface area (Å²) in [4.78, 5) is 32.4. The maximum atomic E-state index is 12.3. The van der Waals surface area contributed by atoms with Gasteiger partial charge in [-0.3, -0.25) is 9.63 Å². The molecule has 0 bridgehead atoms. The molecule has 0 saturated heterocycles. The summed E-state index contributed by atoms with van der Waals surface area (Å²) in [7, 11) is 1.27. The molecule has 0 aliphatic carbocycles. The number of esters is 1. The second-order valence-corrected chi connectivity index (χ2v) is 5.93. The molecule has 3 rings (SSSR count). The molecule has 1 aromatic carbocycles. The van der Waals surface area contributed by atoms with E-state index in [4.69, 9.17) is 4.74 Å². The predicted molar refractivity (Wildman–Crippen MR) is 90.9 cm³/mol. The average molecular weight is 344 g/mol. The van der Waals surface area contributed by atoms with Crippen molar-refractivity contribution in [2.75, 3.05) is 7.11 Å². The molecular weight excluding hydrogens is 324 g/mol. The quantitative estimate of drug-likeness (QED) is 0.423. The molecule has 25 heavy (non-hydrogen) atoms. The van der Waals surface area contributed by atoms with Crippen molar-refractivity contribution < 1.29 is 24.3 Å². The summed E-state index contributed by atoms with van der Waals surface area (Å²) in [6.45, 7) is 1.96. The Morgan fingerprint density at radius 2 is 2.16 bits per heavy atom. The second kappa shape index (κ2) is 6.70. The number of amides is 1. The number of fused-ring (bicyclic) bond motifs is 1. The maximum Gasteiger partial charge on any atom is 0.347 e. The van der Waals surface area contributed by atoms with E-state index < -0.39 is 17.7 Å². The zero-order chi connectivity index (χ0) is 18.0. The first-order valence-electron chi connectivity index (χ1n) is 8.12. The number of cyclic esters (lactones) is 1. The van der Waals surface area contributed by atoms with E-state index in [-0.39, 0.29) is 17.6 Å². The molecule has 0 radical (unpaired) electrons. The third kappa shape index (κ3) is 3.04. The van der Waals surface area contributed by atoms with Crippen LogP contribution in [0.25, 0.3) is 16.5 Å². The third-order valence-electron chi connectivity index (χ3n) is 4.20. The third-order valence-corrected chi connectivity index (χ3v) is 4.20. The van der Waals surface area contributed by atoms with Crippen LogP contribution in [0.1, 0.15) is 31.9 Å². The van der Waals surface area contributed by atoms with E-state index in [1.165, 1.54) is 7.11 Å². The van der Waals surface area contributed by atoms with Crippen molar-refractivity contribution in [2.45, 2.75) is 32.0 Å². The molecule has 2 heterocycles. The molecular formula is C18H20N2O5. The van der Waals surface area contributed by atoms with Crippen molar-refractivity contribution in [3.8, 4) is 0 Å². The first-order valence-corrected chi connectivity index (χ1v) is 8.12. The molecule has 1 unspecified atom stereocenters. The zero-order valence-corrected chi connectivity index (χ0v) is 14.1. The molecule has 1 atom stereocenters. The Hall–Kier alpha value is -2.64. The summed E-state index contributed by atoms with van der Waals surface area (Å²) >= 11 is 0. The number of rotatable bonds is 6. The van der Waals surface area contributed by atoms with Crippen molar-refractivity contribution >= 4 is 28.4 Å². The van der Waals surface area contributed by atoms with Gasteiger partial charge in [0, 0.05) is 11.9 Å². The van der Waals surface area contributed by atoms with E-state index in [9.17, 15) is 14.7 Å². The number of aromatic amines is 1. The number of hydroxylamine groups is 1. The van der Waals surface area contributed by atoms with Crippen LogP contribution < -0.4 is 5.48 Å². The minimum absolute atomic E-state index is 0.136. The topological polar surface area (TPSA) is 101 Å². The minimum Gasteiger partial charge on any atom is -0.425 e. The van der Waals surface area contributed by atoms with Gasteiger partial charge in [0.1, 0.15) is 5.57 Å². The normalized spacial score (nSPS) is 20.2. The lowest BCUT2D eigenvalue weighted by atomic mass is 9.94. The number of benzene rings is 1. The highest BCUT2D eigenvalue weighted by atomic mass is 16.7. The molecule has 7 nitrogen and oxygen atoms in total. The Labute approximate surface area is 144 Å². The van der Waals surface area contributed by atoms with Crippen molar-refractivity contribution in [2.24, 2.45) is 0 Å². The van der Waals surface area contributed by atoms with Crippen LogP contribution in [0.15, 0.2) is 35.9 Å². The van der Waals surface area contributed by atoms with Crippen LogP contribution in [-0.2, 0) is 19.2 Å². The molecule has 1 aromatic heterocycles. The van der Waals surface area contributed by atoms with Crippen LogP contribution in [0.2, 0.25) is 0 Å². The summed E-state index contributed by atoms with van der Waals surface area (Å²) in [5.74, 6) is -3.48. The van der Waals surface area contributed by atoms with Crippen LogP contribution in [0.3, 0.4) is 0 Å². The number of aliphatic hydroxyl groups is 1. The van der Waals surface area contributed by atoms with Gasteiger partial charge in [-0.15, -0.1) is 0 Å². The summed E-state index contributed by atoms with van der Waals surface area (Å²) in [5, 5.41) is 11.9. The van der Waals surface area contributed by atoms with Gasteiger partial charge >= 0.3 is 5.97 Å². The summed E-state index contributed by atoms with van der Waals surface area (Å²) in [5.41, 5.74) is 3.29. The smallest absolute Gasteiger partial charge is 0.347 e. The Kier molecular flexibility index (Phi) is 4.61. The first kappa shape index (κ1) is 17.2. The molecule has 132 valence electrons. The number of ether oxygens (including phenoxy) is 1. The number of aromatic nitrogens is 1. The standard InChI is InChI=1S/C18H20N2O5/c1-3-4-9-18(23)15(14(17(22)25-18)16(21)20-24-2)13-10-11-7-5-6-8-12(11)19-13/h5-8,10,19,23H,3-4,9H2,1-2H3,(H,20,21). The molecule has 7 heteroatoms. The first-order chi connectivity index (χ1) is 12.0. The predicted octanol–water partition coefficient (Wildman–Crippen LogP) is 2.03. The number of hydrogen-bond donors (Lipinski definition) is 3. The highest BCUT2D eigenvalue weighted by molar-refractivity contribution is 6.24. The minimum atomic E-state index is -1.85. The van der Waals surface area contributed by atoms with Gasteiger partial charge in [0.2, 0.25) is 5.79 Å². The van der Waals surface area contributed by atoms with E-state index in [1.807, 2.05) is 31.2 Å². The lowest BCUT2D eigenvalue weighted by Gasteiger charge is -2.24. The fourth-order valence-corrected chi connectivity index (χ4v) is 3.05. The van der Waals surface area contributed by atoms with Gasteiger partial charge in [-0.25, -0.2) is 10.3 Å². The van der Waals surface area contributed by atoms with E-state index in [0.29, 0.717) is 12.1 Å². The molecule has 1 aliphatic heterocycles. The van der Waals surface area contributed by atoms with Gasteiger partial charge in [-0.2, -0.15) is 0 Å². The Morgan fingerprint density at radius 3 is 2.84 bits per heavy atom. The monoisotopic (exact) mass is 344 g/mol. The number of unbranched alkanes of at least 4 members (excludes halogenated alkanes) is 1. The number of carbonyl (C=O) groups is 2. The van der Waals surface area contributed by atoms with Gasteiger partial charge in [0.05, 0.1) is 18.4 Å². The second-order valence-electron chi connectivity index (χ2n) is 5.93. The van der Waals surface area contributed by atoms with E-state index in [2.05, 4.69) is 15.3 Å².